The van der Waals surface area contributed by atoms with Crippen LogP contribution in [0.2, 0.25) is 5.02 Å². The molecule has 0 atom stereocenters. The minimum absolute atomic E-state index is 0.0220. The zero-order valence-electron chi connectivity index (χ0n) is 13.6. The Hall–Kier alpha value is -2.39. The number of halogens is 2. The third kappa shape index (κ3) is 2.97. The number of fused-ring (bicyclic) bond motifs is 1. The van der Waals surface area contributed by atoms with Crippen LogP contribution >= 0.6 is 11.6 Å². The quantitative estimate of drug-likeness (QED) is 0.715. The van der Waals surface area contributed by atoms with Crippen LogP contribution in [0.1, 0.15) is 24.5 Å². The first-order valence-electron chi connectivity index (χ1n) is 7.79. The van der Waals surface area contributed by atoms with Crippen molar-refractivity contribution in [2.75, 3.05) is 11.8 Å². The summed E-state index contributed by atoms with van der Waals surface area (Å²) >= 11 is 5.89. The van der Waals surface area contributed by atoms with Crippen molar-refractivity contribution in [1.29, 1.82) is 0 Å². The molecule has 1 fully saturated rings. The lowest BCUT2D eigenvalue weighted by molar-refractivity contribution is 0.396. The fourth-order valence-corrected chi connectivity index (χ4v) is 3.98. The molecule has 1 aliphatic rings. The van der Waals surface area contributed by atoms with Crippen molar-refractivity contribution in [3.05, 3.63) is 47.1 Å². The van der Waals surface area contributed by atoms with E-state index in [0.29, 0.717) is 16.4 Å². The fraction of sp³-hybridized carbons (Fsp3) is 0.250. The normalized spacial score (nSPS) is 14.6. The van der Waals surface area contributed by atoms with Gasteiger partial charge in [-0.2, -0.15) is 8.42 Å². The minimum Gasteiger partial charge on any atom is -0.479 e. The van der Waals surface area contributed by atoms with Crippen LogP contribution in [0.25, 0.3) is 5.65 Å². The molecule has 3 aromatic heterocycles. The van der Waals surface area contributed by atoms with E-state index in [0.717, 1.165) is 18.9 Å². The van der Waals surface area contributed by atoms with Crippen molar-refractivity contribution in [3.63, 3.8) is 0 Å². The molecule has 0 radical (unpaired) electrons. The molecule has 10 heteroatoms. The summed E-state index contributed by atoms with van der Waals surface area (Å²) in [5.74, 6) is -0.470. The molecular formula is C16H14ClFN4O3S. The Morgan fingerprint density at radius 1 is 1.38 bits per heavy atom. The topological polar surface area (TPSA) is 85.6 Å². The van der Waals surface area contributed by atoms with Gasteiger partial charge >= 0.3 is 0 Å². The summed E-state index contributed by atoms with van der Waals surface area (Å²) in [7, 11) is -2.70. The molecule has 7 nitrogen and oxygen atoms in total. The van der Waals surface area contributed by atoms with Crippen LogP contribution in [-0.4, -0.2) is 29.9 Å². The van der Waals surface area contributed by atoms with Gasteiger partial charge in [-0.25, -0.2) is 14.4 Å². The number of pyridine rings is 2. The number of hydrogen-bond donors (Lipinski definition) is 1. The minimum atomic E-state index is -4.06. The molecule has 3 aromatic rings. The Morgan fingerprint density at radius 2 is 2.15 bits per heavy atom. The molecule has 0 amide bonds. The molecule has 0 spiro atoms. The van der Waals surface area contributed by atoms with Crippen LogP contribution in [0, 0.1) is 5.82 Å². The Morgan fingerprint density at radius 3 is 2.85 bits per heavy atom. The third-order valence-electron chi connectivity index (χ3n) is 4.09. The molecule has 0 unspecified atom stereocenters. The Bertz CT molecular complexity index is 1110. The molecular weight excluding hydrogens is 383 g/mol. The van der Waals surface area contributed by atoms with E-state index in [9.17, 15) is 12.8 Å². The summed E-state index contributed by atoms with van der Waals surface area (Å²) in [4.78, 5) is 8.16. The first-order valence-corrected chi connectivity index (χ1v) is 9.65. The number of anilines is 1. The number of imidazole rings is 1. The van der Waals surface area contributed by atoms with Gasteiger partial charge in [0.05, 0.1) is 19.0 Å². The van der Waals surface area contributed by atoms with Gasteiger partial charge in [-0.15, -0.1) is 0 Å². The molecule has 136 valence electrons. The van der Waals surface area contributed by atoms with Gasteiger partial charge in [-0.3, -0.25) is 9.12 Å². The van der Waals surface area contributed by atoms with Crippen molar-refractivity contribution >= 4 is 33.0 Å². The van der Waals surface area contributed by atoms with E-state index in [1.54, 1.807) is 6.07 Å². The van der Waals surface area contributed by atoms with E-state index in [1.807, 2.05) is 0 Å². The number of ether oxygens (including phenoxy) is 1. The maximum absolute atomic E-state index is 14.3. The first-order chi connectivity index (χ1) is 12.4. The monoisotopic (exact) mass is 396 g/mol. The van der Waals surface area contributed by atoms with E-state index >= 15 is 0 Å². The second-order valence-corrected chi connectivity index (χ2v) is 8.03. The van der Waals surface area contributed by atoms with E-state index in [4.69, 9.17) is 16.3 Å². The van der Waals surface area contributed by atoms with Gasteiger partial charge < -0.3 is 4.74 Å². The molecule has 26 heavy (non-hydrogen) atoms. The van der Waals surface area contributed by atoms with E-state index in [1.165, 1.54) is 30.0 Å². The van der Waals surface area contributed by atoms with Crippen LogP contribution in [-0.2, 0) is 10.0 Å². The highest BCUT2D eigenvalue weighted by molar-refractivity contribution is 7.92. The molecule has 0 aromatic carbocycles. The standard InChI is InChI=1S/C16H14ClFN4O3S/c1-25-16-12(7-11(18)15(20-16)9-2-3-9)21-26(23,24)14-8-19-13-6-10(17)4-5-22(13)14/h4-9,21H,2-3H2,1H3. The highest BCUT2D eigenvalue weighted by Gasteiger charge is 2.30. The third-order valence-corrected chi connectivity index (χ3v) is 5.66. The van der Waals surface area contributed by atoms with Gasteiger partial charge in [0.2, 0.25) is 5.88 Å². The number of rotatable bonds is 5. The number of aromatic nitrogens is 3. The molecule has 3 heterocycles. The second-order valence-electron chi connectivity index (χ2n) is 5.96. The van der Waals surface area contributed by atoms with E-state index in [-0.39, 0.29) is 22.5 Å². The average Bonchev–Trinajstić information content (AvgIpc) is 3.33. The summed E-state index contributed by atoms with van der Waals surface area (Å²) in [6.45, 7) is 0. The van der Waals surface area contributed by atoms with Crippen LogP contribution in [0.3, 0.4) is 0 Å². The van der Waals surface area contributed by atoms with Crippen molar-refractivity contribution in [3.8, 4) is 5.88 Å². The maximum Gasteiger partial charge on any atom is 0.279 e. The fourth-order valence-electron chi connectivity index (χ4n) is 2.69. The van der Waals surface area contributed by atoms with Crippen LogP contribution in [0.15, 0.2) is 35.6 Å². The zero-order chi connectivity index (χ0) is 18.5. The Kier molecular flexibility index (Phi) is 4.00. The Balaban J connectivity index is 1.74. The number of methoxy groups -OCH3 is 1. The Labute approximate surface area is 153 Å². The lowest BCUT2D eigenvalue weighted by Gasteiger charge is -2.13. The molecule has 0 saturated heterocycles. The van der Waals surface area contributed by atoms with Gasteiger partial charge in [-0.1, -0.05) is 11.6 Å². The summed E-state index contributed by atoms with van der Waals surface area (Å²) in [5, 5.41) is 0.321. The second kappa shape index (κ2) is 6.10. The lowest BCUT2D eigenvalue weighted by atomic mass is 10.2. The van der Waals surface area contributed by atoms with Crippen molar-refractivity contribution < 1.29 is 17.5 Å². The number of nitrogens with one attached hydrogen (secondary N) is 1. The highest BCUT2D eigenvalue weighted by Crippen LogP contribution is 2.42. The van der Waals surface area contributed by atoms with E-state index < -0.39 is 15.8 Å². The average molecular weight is 397 g/mol. The summed E-state index contributed by atoms with van der Waals surface area (Å²) in [6.07, 6.45) is 4.42. The lowest BCUT2D eigenvalue weighted by Crippen LogP contribution is -2.16. The maximum atomic E-state index is 14.3. The largest absolute Gasteiger partial charge is 0.479 e. The number of sulfonamides is 1. The van der Waals surface area contributed by atoms with Gasteiger partial charge in [-0.05, 0) is 18.9 Å². The van der Waals surface area contributed by atoms with Crippen molar-refractivity contribution in [2.45, 2.75) is 23.8 Å². The molecule has 1 N–H and O–H groups in total. The SMILES string of the molecule is COc1nc(C2CC2)c(F)cc1NS(=O)(=O)c1cnc2cc(Cl)ccn12. The van der Waals surface area contributed by atoms with Gasteiger partial charge in [0, 0.05) is 29.3 Å². The smallest absolute Gasteiger partial charge is 0.279 e. The summed E-state index contributed by atoms with van der Waals surface area (Å²) in [5.41, 5.74) is 0.603. The molecule has 1 saturated carbocycles. The summed E-state index contributed by atoms with van der Waals surface area (Å²) in [6, 6.07) is 4.17. The van der Waals surface area contributed by atoms with Gasteiger partial charge in [0.1, 0.15) is 17.2 Å². The zero-order valence-corrected chi connectivity index (χ0v) is 15.2. The highest BCUT2D eigenvalue weighted by atomic mass is 35.5. The van der Waals surface area contributed by atoms with E-state index in [2.05, 4.69) is 14.7 Å². The number of nitrogens with zero attached hydrogens (tertiary/aromatic N) is 3. The number of hydrogen-bond acceptors (Lipinski definition) is 5. The predicted octanol–water partition coefficient (Wildman–Crippen LogP) is 3.21. The van der Waals surface area contributed by atoms with Gasteiger partial charge in [0.15, 0.2) is 5.03 Å². The molecule has 4 rings (SSSR count). The molecule has 1 aliphatic carbocycles. The first kappa shape index (κ1) is 17.0. The summed E-state index contributed by atoms with van der Waals surface area (Å²) < 4.78 is 48.6. The van der Waals surface area contributed by atoms with Gasteiger partial charge in [0.25, 0.3) is 10.0 Å². The van der Waals surface area contributed by atoms with Crippen molar-refractivity contribution in [1.82, 2.24) is 14.4 Å². The molecule has 0 bridgehead atoms. The van der Waals surface area contributed by atoms with Crippen LogP contribution in [0.5, 0.6) is 5.88 Å². The predicted molar refractivity (Wildman–Crippen MR) is 93.7 cm³/mol. The molecule has 0 aliphatic heterocycles. The van der Waals surface area contributed by atoms with Crippen LogP contribution < -0.4 is 9.46 Å². The van der Waals surface area contributed by atoms with Crippen LogP contribution in [0.4, 0.5) is 10.1 Å². The van der Waals surface area contributed by atoms with Crippen molar-refractivity contribution in [2.24, 2.45) is 0 Å².